The lowest BCUT2D eigenvalue weighted by atomic mass is 10.1. The minimum absolute atomic E-state index is 0.0420. The number of aromatic nitrogens is 1. The zero-order valence-corrected chi connectivity index (χ0v) is 13.5. The number of aryl methyl sites for hydroxylation is 1. The predicted octanol–water partition coefficient (Wildman–Crippen LogP) is 5.02. The lowest BCUT2D eigenvalue weighted by molar-refractivity contribution is 0.513. The molecule has 0 aliphatic heterocycles. The fourth-order valence-corrected chi connectivity index (χ4v) is 2.27. The number of halogens is 3. The van der Waals surface area contributed by atoms with Gasteiger partial charge in [-0.05, 0) is 42.1 Å². The molecule has 1 aromatic heterocycles. The summed E-state index contributed by atoms with van der Waals surface area (Å²) >= 11 is 0. The van der Waals surface area contributed by atoms with Gasteiger partial charge in [0.15, 0.2) is 11.6 Å². The van der Waals surface area contributed by atoms with Crippen LogP contribution in [0.25, 0.3) is 10.8 Å². The second kappa shape index (κ2) is 7.21. The van der Waals surface area contributed by atoms with Crippen LogP contribution in [0.3, 0.4) is 0 Å². The Morgan fingerprint density at radius 3 is 2.38 bits per heavy atom. The largest absolute Gasteiger partial charge is 0.350 e. The summed E-state index contributed by atoms with van der Waals surface area (Å²) in [6.45, 7) is 5.70. The summed E-state index contributed by atoms with van der Waals surface area (Å²) in [5.41, 5.74) is -0.337. The minimum Gasteiger partial charge on any atom is -0.350 e. The molecule has 6 heteroatoms. The summed E-state index contributed by atoms with van der Waals surface area (Å²) in [7, 11) is 0. The Bertz CT molecular complexity index is 935. The fourth-order valence-electron chi connectivity index (χ4n) is 2.27. The number of nitrogens with one attached hydrogen (secondary N) is 2. The van der Waals surface area contributed by atoms with E-state index in [2.05, 4.69) is 10.3 Å². The van der Waals surface area contributed by atoms with E-state index < -0.39 is 23.0 Å². The van der Waals surface area contributed by atoms with Gasteiger partial charge in [-0.25, -0.2) is 13.2 Å². The Balaban J connectivity index is 0.00000100. The van der Waals surface area contributed by atoms with E-state index in [9.17, 15) is 18.0 Å². The summed E-state index contributed by atoms with van der Waals surface area (Å²) < 4.78 is 41.7. The summed E-state index contributed by atoms with van der Waals surface area (Å²) in [4.78, 5) is 14.3. The first-order valence-corrected chi connectivity index (χ1v) is 7.50. The van der Waals surface area contributed by atoms with E-state index in [1.165, 1.54) is 24.4 Å². The van der Waals surface area contributed by atoms with Crippen molar-refractivity contribution < 1.29 is 13.2 Å². The average Bonchev–Trinajstić information content (AvgIpc) is 2.56. The van der Waals surface area contributed by atoms with Gasteiger partial charge in [-0.3, -0.25) is 4.79 Å². The number of fused-ring (bicyclic) bond motifs is 1. The van der Waals surface area contributed by atoms with Crippen molar-refractivity contribution in [2.75, 3.05) is 5.32 Å². The molecule has 2 aromatic carbocycles. The molecule has 24 heavy (non-hydrogen) atoms. The SMILES string of the molecule is CC.Cc1ccc(Nc2c(F)c(F)cc3cc[nH]c(=O)c23)c(F)c1. The lowest BCUT2D eigenvalue weighted by Gasteiger charge is -2.12. The van der Waals surface area contributed by atoms with Crippen molar-refractivity contribution in [1.29, 1.82) is 0 Å². The van der Waals surface area contributed by atoms with Crippen molar-refractivity contribution in [2.24, 2.45) is 0 Å². The molecule has 3 aromatic rings. The highest BCUT2D eigenvalue weighted by molar-refractivity contribution is 5.95. The van der Waals surface area contributed by atoms with Gasteiger partial charge < -0.3 is 10.3 Å². The minimum atomic E-state index is -1.23. The molecule has 0 unspecified atom stereocenters. The molecule has 0 aliphatic carbocycles. The second-order valence-corrected chi connectivity index (χ2v) is 4.93. The zero-order valence-electron chi connectivity index (χ0n) is 13.5. The van der Waals surface area contributed by atoms with Gasteiger partial charge in [0.1, 0.15) is 5.82 Å². The topological polar surface area (TPSA) is 44.9 Å². The van der Waals surface area contributed by atoms with Gasteiger partial charge in [-0.1, -0.05) is 19.9 Å². The average molecular weight is 334 g/mol. The van der Waals surface area contributed by atoms with E-state index in [1.807, 2.05) is 13.8 Å². The number of H-pyrrole nitrogens is 1. The Labute approximate surface area is 137 Å². The van der Waals surface area contributed by atoms with Crippen molar-refractivity contribution in [3.63, 3.8) is 0 Å². The highest BCUT2D eigenvalue weighted by atomic mass is 19.2. The van der Waals surface area contributed by atoms with Crippen LogP contribution in [0.4, 0.5) is 24.5 Å². The van der Waals surface area contributed by atoms with Crippen LogP contribution in [0.15, 0.2) is 41.3 Å². The van der Waals surface area contributed by atoms with Gasteiger partial charge in [0.2, 0.25) is 0 Å². The van der Waals surface area contributed by atoms with Crippen LogP contribution in [-0.4, -0.2) is 4.98 Å². The standard InChI is InChI=1S/C16H11F3N2O.C2H6/c1-8-2-3-12(10(17)6-8)21-15-13-9(4-5-20-16(13)22)7-11(18)14(15)19;1-2/h2-7,21H,1H3,(H,20,22);1-2H3. The van der Waals surface area contributed by atoms with E-state index >= 15 is 0 Å². The molecule has 0 bridgehead atoms. The van der Waals surface area contributed by atoms with Crippen molar-refractivity contribution in [3.05, 3.63) is 69.9 Å². The quantitative estimate of drug-likeness (QED) is 0.691. The first kappa shape index (κ1) is 17.6. The first-order chi connectivity index (χ1) is 11.5. The maximum absolute atomic E-state index is 14.1. The summed E-state index contributed by atoms with van der Waals surface area (Å²) in [5, 5.41) is 2.63. The summed E-state index contributed by atoms with van der Waals surface area (Å²) in [6.07, 6.45) is 1.33. The van der Waals surface area contributed by atoms with Crippen LogP contribution < -0.4 is 10.9 Å². The molecule has 126 valence electrons. The molecule has 2 N–H and O–H groups in total. The molecule has 0 fully saturated rings. The fraction of sp³-hybridized carbons (Fsp3) is 0.167. The number of hydrogen-bond acceptors (Lipinski definition) is 2. The molecule has 0 spiro atoms. The summed E-state index contributed by atoms with van der Waals surface area (Å²) in [5.74, 6) is -2.97. The van der Waals surface area contributed by atoms with Crippen LogP contribution >= 0.6 is 0 Å². The van der Waals surface area contributed by atoms with Crippen LogP contribution in [-0.2, 0) is 0 Å². The van der Waals surface area contributed by atoms with Crippen molar-refractivity contribution in [1.82, 2.24) is 4.98 Å². The van der Waals surface area contributed by atoms with E-state index in [4.69, 9.17) is 0 Å². The number of rotatable bonds is 2. The normalized spacial score (nSPS) is 10.2. The van der Waals surface area contributed by atoms with Crippen LogP contribution in [0.1, 0.15) is 19.4 Å². The molecular formula is C18H17F3N2O. The van der Waals surface area contributed by atoms with Crippen molar-refractivity contribution in [3.8, 4) is 0 Å². The predicted molar refractivity (Wildman–Crippen MR) is 90.3 cm³/mol. The van der Waals surface area contributed by atoms with Gasteiger partial charge in [-0.15, -0.1) is 0 Å². The van der Waals surface area contributed by atoms with Gasteiger partial charge in [0.05, 0.1) is 16.8 Å². The zero-order chi connectivity index (χ0) is 17.9. The van der Waals surface area contributed by atoms with Crippen LogP contribution in [0.2, 0.25) is 0 Å². The van der Waals surface area contributed by atoms with Crippen LogP contribution in [0.5, 0.6) is 0 Å². The second-order valence-electron chi connectivity index (χ2n) is 4.93. The third kappa shape index (κ3) is 3.27. The Morgan fingerprint density at radius 1 is 1.00 bits per heavy atom. The van der Waals surface area contributed by atoms with Gasteiger partial charge >= 0.3 is 0 Å². The Hall–Kier alpha value is -2.76. The van der Waals surface area contributed by atoms with E-state index in [0.29, 0.717) is 5.56 Å². The van der Waals surface area contributed by atoms with E-state index in [-0.39, 0.29) is 22.1 Å². The monoisotopic (exact) mass is 334 g/mol. The first-order valence-electron chi connectivity index (χ1n) is 7.50. The maximum atomic E-state index is 14.1. The smallest absolute Gasteiger partial charge is 0.258 e. The molecule has 3 nitrogen and oxygen atoms in total. The Kier molecular flexibility index (Phi) is 5.28. The molecule has 0 atom stereocenters. The lowest BCUT2D eigenvalue weighted by Crippen LogP contribution is -2.10. The highest BCUT2D eigenvalue weighted by Gasteiger charge is 2.17. The van der Waals surface area contributed by atoms with E-state index in [0.717, 1.165) is 6.07 Å². The number of pyridine rings is 1. The third-order valence-corrected chi connectivity index (χ3v) is 3.34. The molecule has 0 aliphatic rings. The Morgan fingerprint density at radius 2 is 1.71 bits per heavy atom. The number of anilines is 2. The maximum Gasteiger partial charge on any atom is 0.258 e. The number of hydrogen-bond donors (Lipinski definition) is 2. The number of benzene rings is 2. The van der Waals surface area contributed by atoms with Gasteiger partial charge in [0, 0.05) is 6.20 Å². The molecule has 0 amide bonds. The highest BCUT2D eigenvalue weighted by Crippen LogP contribution is 2.30. The molecule has 0 saturated carbocycles. The molecule has 1 heterocycles. The molecule has 0 saturated heterocycles. The molecular weight excluding hydrogens is 317 g/mol. The van der Waals surface area contributed by atoms with Crippen molar-refractivity contribution in [2.45, 2.75) is 20.8 Å². The number of aromatic amines is 1. The summed E-state index contributed by atoms with van der Waals surface area (Å²) in [6, 6.07) is 6.64. The van der Waals surface area contributed by atoms with Crippen molar-refractivity contribution >= 4 is 22.1 Å². The third-order valence-electron chi connectivity index (χ3n) is 3.34. The van der Waals surface area contributed by atoms with Gasteiger partial charge in [-0.2, -0.15) is 0 Å². The van der Waals surface area contributed by atoms with E-state index in [1.54, 1.807) is 13.0 Å². The molecule has 3 rings (SSSR count). The molecule has 0 radical (unpaired) electrons. The van der Waals surface area contributed by atoms with Gasteiger partial charge in [0.25, 0.3) is 5.56 Å². The van der Waals surface area contributed by atoms with Crippen LogP contribution in [0, 0.1) is 24.4 Å².